The number of rotatable bonds is 5. The number of fused-ring (bicyclic) bond motifs is 1. The van der Waals surface area contributed by atoms with Gasteiger partial charge in [-0.25, -0.2) is 0 Å². The lowest BCUT2D eigenvalue weighted by molar-refractivity contribution is -0.132. The predicted octanol–water partition coefficient (Wildman–Crippen LogP) is 2.28. The normalized spacial score (nSPS) is 19.0. The zero-order valence-corrected chi connectivity index (χ0v) is 16.8. The summed E-state index contributed by atoms with van der Waals surface area (Å²) < 4.78 is 0. The Bertz CT molecular complexity index is 666. The van der Waals surface area contributed by atoms with Crippen LogP contribution in [0.25, 0.3) is 0 Å². The van der Waals surface area contributed by atoms with Gasteiger partial charge in [0.25, 0.3) is 0 Å². The van der Waals surface area contributed by atoms with Crippen molar-refractivity contribution in [3.8, 4) is 0 Å². The van der Waals surface area contributed by atoms with Gasteiger partial charge in [-0.05, 0) is 82.5 Å². The molecule has 0 radical (unpaired) electrons. The van der Waals surface area contributed by atoms with Crippen LogP contribution in [0, 0.1) is 0 Å². The van der Waals surface area contributed by atoms with Gasteiger partial charge in [-0.2, -0.15) is 0 Å². The molecule has 0 aromatic heterocycles. The summed E-state index contributed by atoms with van der Waals surface area (Å²) in [6, 6.07) is 6.42. The Hall–Kier alpha value is -1.72. The molecule has 0 unspecified atom stereocenters. The summed E-state index contributed by atoms with van der Waals surface area (Å²) in [6.07, 6.45) is 5.81. The van der Waals surface area contributed by atoms with E-state index >= 15 is 0 Å². The molecular formula is C22H33N3O2. The van der Waals surface area contributed by atoms with Crippen LogP contribution in [0.15, 0.2) is 18.2 Å². The van der Waals surface area contributed by atoms with E-state index in [0.717, 1.165) is 63.8 Å². The number of piperidine rings is 1. The van der Waals surface area contributed by atoms with Gasteiger partial charge < -0.3 is 15.1 Å². The lowest BCUT2D eigenvalue weighted by atomic mass is 9.94. The SMILES string of the molecule is CN1CCC(N(C)C(=O)CCC(=O)c2ccc3c(c2)CCNCCC3)CC1. The maximum Gasteiger partial charge on any atom is 0.223 e. The number of hydrogen-bond acceptors (Lipinski definition) is 4. The number of benzene rings is 1. The average Bonchev–Trinajstić information content (AvgIpc) is 2.66. The molecule has 3 rings (SSSR count). The molecule has 1 amide bonds. The van der Waals surface area contributed by atoms with Crippen LogP contribution in [0.5, 0.6) is 0 Å². The third kappa shape index (κ3) is 5.39. The van der Waals surface area contributed by atoms with E-state index in [0.29, 0.717) is 18.9 Å². The molecule has 0 aliphatic carbocycles. The molecule has 0 atom stereocenters. The summed E-state index contributed by atoms with van der Waals surface area (Å²) >= 11 is 0. The van der Waals surface area contributed by atoms with Crippen molar-refractivity contribution in [3.05, 3.63) is 34.9 Å². The molecule has 5 heteroatoms. The van der Waals surface area contributed by atoms with Crippen LogP contribution in [0.1, 0.15) is 53.6 Å². The summed E-state index contributed by atoms with van der Waals surface area (Å²) in [5.74, 6) is 0.172. The predicted molar refractivity (Wildman–Crippen MR) is 108 cm³/mol. The molecule has 148 valence electrons. The van der Waals surface area contributed by atoms with Crippen LogP contribution in [0.3, 0.4) is 0 Å². The smallest absolute Gasteiger partial charge is 0.223 e. The van der Waals surface area contributed by atoms with Gasteiger partial charge in [0, 0.05) is 31.5 Å². The molecule has 0 spiro atoms. The topological polar surface area (TPSA) is 52.7 Å². The first kappa shape index (κ1) is 20.0. The Morgan fingerprint density at radius 1 is 1.11 bits per heavy atom. The number of nitrogens with zero attached hydrogens (tertiary/aromatic N) is 2. The summed E-state index contributed by atoms with van der Waals surface area (Å²) in [7, 11) is 4.01. The number of Topliss-reactive ketones (excluding diaryl/α,β-unsaturated/α-hetero) is 1. The highest BCUT2D eigenvalue weighted by atomic mass is 16.2. The van der Waals surface area contributed by atoms with Gasteiger partial charge in [-0.15, -0.1) is 0 Å². The van der Waals surface area contributed by atoms with Gasteiger partial charge >= 0.3 is 0 Å². The number of nitrogens with one attached hydrogen (secondary N) is 1. The van der Waals surface area contributed by atoms with E-state index in [-0.39, 0.29) is 11.7 Å². The monoisotopic (exact) mass is 371 g/mol. The van der Waals surface area contributed by atoms with E-state index in [1.165, 1.54) is 11.1 Å². The van der Waals surface area contributed by atoms with E-state index in [1.54, 1.807) is 0 Å². The lowest BCUT2D eigenvalue weighted by Crippen LogP contribution is -2.44. The van der Waals surface area contributed by atoms with Crippen LogP contribution in [-0.4, -0.2) is 67.8 Å². The Morgan fingerprint density at radius 3 is 2.67 bits per heavy atom. The minimum Gasteiger partial charge on any atom is -0.343 e. The number of ketones is 1. The molecular weight excluding hydrogens is 338 g/mol. The molecule has 1 fully saturated rings. The highest BCUT2D eigenvalue weighted by Gasteiger charge is 2.24. The molecule has 1 aromatic carbocycles. The van der Waals surface area contributed by atoms with E-state index in [2.05, 4.69) is 29.4 Å². The number of carbonyl (C=O) groups excluding carboxylic acids is 2. The van der Waals surface area contributed by atoms with Crippen molar-refractivity contribution in [3.63, 3.8) is 0 Å². The Labute approximate surface area is 163 Å². The molecule has 1 saturated heterocycles. The van der Waals surface area contributed by atoms with Crippen LogP contribution in [0.4, 0.5) is 0 Å². The molecule has 0 bridgehead atoms. The largest absolute Gasteiger partial charge is 0.343 e. The third-order valence-electron chi connectivity index (χ3n) is 6.09. The van der Waals surface area contributed by atoms with Crippen molar-refractivity contribution in [2.24, 2.45) is 0 Å². The second kappa shape index (κ2) is 9.47. The zero-order valence-electron chi connectivity index (χ0n) is 16.8. The number of aryl methyl sites for hydroxylation is 1. The summed E-state index contributed by atoms with van der Waals surface area (Å²) in [5, 5.41) is 3.43. The van der Waals surface area contributed by atoms with Gasteiger partial charge in [0.2, 0.25) is 5.91 Å². The maximum atomic E-state index is 12.6. The van der Waals surface area contributed by atoms with Crippen molar-refractivity contribution in [2.45, 2.75) is 51.0 Å². The van der Waals surface area contributed by atoms with Gasteiger partial charge in [-0.3, -0.25) is 9.59 Å². The van der Waals surface area contributed by atoms with Crippen molar-refractivity contribution < 1.29 is 9.59 Å². The maximum absolute atomic E-state index is 12.6. The standard InChI is InChI=1S/C22H33N3O2/c1-24-14-10-20(11-15-24)25(2)22(27)8-7-21(26)19-6-5-17-4-3-12-23-13-9-18(17)16-19/h5-6,16,20,23H,3-4,7-15H2,1-2H3. The van der Waals surface area contributed by atoms with Crippen LogP contribution in [0.2, 0.25) is 0 Å². The van der Waals surface area contributed by atoms with Crippen molar-refractivity contribution in [2.75, 3.05) is 40.3 Å². The van der Waals surface area contributed by atoms with E-state index < -0.39 is 0 Å². The van der Waals surface area contributed by atoms with Gasteiger partial charge in [-0.1, -0.05) is 12.1 Å². The van der Waals surface area contributed by atoms with E-state index in [9.17, 15) is 9.59 Å². The van der Waals surface area contributed by atoms with Crippen LogP contribution < -0.4 is 5.32 Å². The number of amides is 1. The number of carbonyl (C=O) groups is 2. The minimum absolute atomic E-state index is 0.0814. The zero-order chi connectivity index (χ0) is 19.2. The Balaban J connectivity index is 1.54. The Morgan fingerprint density at radius 2 is 1.89 bits per heavy atom. The molecule has 2 aliphatic rings. The first-order valence-corrected chi connectivity index (χ1v) is 10.3. The fourth-order valence-corrected chi connectivity index (χ4v) is 4.15. The van der Waals surface area contributed by atoms with E-state index in [4.69, 9.17) is 0 Å². The summed E-state index contributed by atoms with van der Waals surface area (Å²) in [5.41, 5.74) is 3.40. The first-order valence-electron chi connectivity index (χ1n) is 10.3. The highest BCUT2D eigenvalue weighted by molar-refractivity contribution is 5.98. The quantitative estimate of drug-likeness (QED) is 0.807. The second-order valence-electron chi connectivity index (χ2n) is 8.05. The van der Waals surface area contributed by atoms with Crippen molar-refractivity contribution in [1.82, 2.24) is 15.1 Å². The van der Waals surface area contributed by atoms with Crippen LogP contribution in [-0.2, 0) is 17.6 Å². The molecule has 0 saturated carbocycles. The van der Waals surface area contributed by atoms with Gasteiger partial charge in [0.05, 0.1) is 0 Å². The molecule has 2 heterocycles. The minimum atomic E-state index is 0.0814. The molecule has 27 heavy (non-hydrogen) atoms. The molecule has 2 aliphatic heterocycles. The lowest BCUT2D eigenvalue weighted by Gasteiger charge is -2.35. The summed E-state index contributed by atoms with van der Waals surface area (Å²) in [6.45, 7) is 4.09. The number of likely N-dealkylation sites (tertiary alicyclic amines) is 1. The van der Waals surface area contributed by atoms with Crippen molar-refractivity contribution >= 4 is 11.7 Å². The Kier molecular flexibility index (Phi) is 7.02. The second-order valence-corrected chi connectivity index (χ2v) is 8.05. The number of hydrogen-bond donors (Lipinski definition) is 1. The summed E-state index contributed by atoms with van der Waals surface area (Å²) in [4.78, 5) is 29.3. The molecule has 1 aromatic rings. The highest BCUT2D eigenvalue weighted by Crippen LogP contribution is 2.19. The van der Waals surface area contributed by atoms with Crippen LogP contribution >= 0.6 is 0 Å². The van der Waals surface area contributed by atoms with E-state index in [1.807, 2.05) is 18.0 Å². The first-order chi connectivity index (χ1) is 13.0. The fourth-order valence-electron chi connectivity index (χ4n) is 4.15. The molecule has 5 nitrogen and oxygen atoms in total. The molecule has 1 N–H and O–H groups in total. The van der Waals surface area contributed by atoms with Gasteiger partial charge in [0.15, 0.2) is 5.78 Å². The fraction of sp³-hybridized carbons (Fsp3) is 0.636. The van der Waals surface area contributed by atoms with Gasteiger partial charge in [0.1, 0.15) is 0 Å². The average molecular weight is 372 g/mol. The third-order valence-corrected chi connectivity index (χ3v) is 6.09. The van der Waals surface area contributed by atoms with Crippen molar-refractivity contribution in [1.29, 1.82) is 0 Å².